The summed E-state index contributed by atoms with van der Waals surface area (Å²) in [7, 11) is 0. The zero-order valence-electron chi connectivity index (χ0n) is 22.4. The predicted molar refractivity (Wildman–Crippen MR) is 152 cm³/mol. The van der Waals surface area contributed by atoms with E-state index in [2.05, 4.69) is 64.3 Å². The Balaban J connectivity index is 1.13. The third-order valence-electron chi connectivity index (χ3n) is 8.76. The SMILES string of the molecule is C=CC(=O)N1CC2(CCN(c3ccc(-c4cc(-c5cnn(CC6COC6)c5)cn5ncc(C#N)c45)cc3)CC2)C1. The average Bonchev–Trinajstić information content (AvgIpc) is 3.60. The van der Waals surface area contributed by atoms with E-state index in [0.29, 0.717) is 11.5 Å². The molecule has 40 heavy (non-hydrogen) atoms. The number of fused-ring (bicyclic) bond motifs is 1. The van der Waals surface area contributed by atoms with Gasteiger partial charge in [0.1, 0.15) is 6.07 Å². The summed E-state index contributed by atoms with van der Waals surface area (Å²) in [6, 6.07) is 13.1. The van der Waals surface area contributed by atoms with Gasteiger partial charge < -0.3 is 14.5 Å². The lowest BCUT2D eigenvalue weighted by atomic mass is 9.72. The van der Waals surface area contributed by atoms with E-state index in [1.54, 1.807) is 10.7 Å². The van der Waals surface area contributed by atoms with Crippen molar-refractivity contribution in [3.05, 3.63) is 73.3 Å². The maximum absolute atomic E-state index is 11.9. The Morgan fingerprint density at radius 3 is 2.52 bits per heavy atom. The fraction of sp³-hybridized carbons (Fsp3) is 0.355. The molecule has 0 N–H and O–H groups in total. The Morgan fingerprint density at radius 1 is 1.07 bits per heavy atom. The number of carbonyl (C=O) groups is 1. The average molecular weight is 534 g/mol. The van der Waals surface area contributed by atoms with Gasteiger partial charge in [0.25, 0.3) is 0 Å². The molecule has 3 fully saturated rings. The lowest BCUT2D eigenvalue weighted by Crippen LogP contribution is -2.61. The molecule has 0 saturated carbocycles. The molecule has 0 bridgehead atoms. The number of amides is 1. The lowest BCUT2D eigenvalue weighted by molar-refractivity contribution is -0.139. The minimum absolute atomic E-state index is 0.0390. The Hall–Kier alpha value is -4.42. The molecule has 9 heteroatoms. The van der Waals surface area contributed by atoms with E-state index in [-0.39, 0.29) is 11.3 Å². The molecule has 9 nitrogen and oxygen atoms in total. The maximum atomic E-state index is 11.9. The molecule has 3 aromatic heterocycles. The second-order valence-corrected chi connectivity index (χ2v) is 11.4. The molecule has 3 saturated heterocycles. The van der Waals surface area contributed by atoms with Crippen molar-refractivity contribution in [1.29, 1.82) is 5.26 Å². The summed E-state index contributed by atoms with van der Waals surface area (Å²) in [6.45, 7) is 9.69. The highest BCUT2D eigenvalue weighted by Gasteiger charge is 2.46. The van der Waals surface area contributed by atoms with Crippen LogP contribution in [0.4, 0.5) is 5.69 Å². The first-order valence-electron chi connectivity index (χ1n) is 13.8. The van der Waals surface area contributed by atoms with Gasteiger partial charge in [-0.25, -0.2) is 4.52 Å². The van der Waals surface area contributed by atoms with Gasteiger partial charge >= 0.3 is 0 Å². The zero-order chi connectivity index (χ0) is 27.3. The number of carbonyl (C=O) groups excluding carboxylic acids is 1. The first-order valence-corrected chi connectivity index (χ1v) is 13.8. The molecule has 7 rings (SSSR count). The molecule has 1 aromatic carbocycles. The van der Waals surface area contributed by atoms with Gasteiger partial charge in [0.05, 0.1) is 36.7 Å². The molecule has 0 aliphatic carbocycles. The van der Waals surface area contributed by atoms with Crippen molar-refractivity contribution in [2.24, 2.45) is 11.3 Å². The van der Waals surface area contributed by atoms with Crippen LogP contribution < -0.4 is 4.90 Å². The molecule has 0 unspecified atom stereocenters. The highest BCUT2D eigenvalue weighted by molar-refractivity contribution is 5.88. The van der Waals surface area contributed by atoms with Crippen molar-refractivity contribution in [3.8, 4) is 28.3 Å². The van der Waals surface area contributed by atoms with E-state index in [0.717, 1.165) is 86.5 Å². The highest BCUT2D eigenvalue weighted by Crippen LogP contribution is 2.42. The summed E-state index contributed by atoms with van der Waals surface area (Å²) < 4.78 is 9.09. The van der Waals surface area contributed by atoms with Crippen LogP contribution in [0.5, 0.6) is 0 Å². The van der Waals surface area contributed by atoms with Crippen molar-refractivity contribution < 1.29 is 9.53 Å². The second kappa shape index (κ2) is 9.65. The van der Waals surface area contributed by atoms with Crippen molar-refractivity contribution in [2.45, 2.75) is 19.4 Å². The molecule has 6 heterocycles. The zero-order valence-corrected chi connectivity index (χ0v) is 22.4. The third kappa shape index (κ3) is 4.25. The fourth-order valence-electron chi connectivity index (χ4n) is 6.30. The minimum atomic E-state index is 0.0390. The van der Waals surface area contributed by atoms with Crippen molar-refractivity contribution >= 4 is 17.1 Å². The smallest absolute Gasteiger partial charge is 0.245 e. The number of rotatable bonds is 6. The van der Waals surface area contributed by atoms with Crippen molar-refractivity contribution in [2.75, 3.05) is 44.3 Å². The number of aromatic nitrogens is 4. The number of piperidine rings is 1. The monoisotopic (exact) mass is 533 g/mol. The van der Waals surface area contributed by atoms with E-state index in [1.165, 1.54) is 11.8 Å². The van der Waals surface area contributed by atoms with Crippen molar-refractivity contribution in [3.63, 3.8) is 0 Å². The number of pyridine rings is 1. The molecule has 0 atom stereocenters. The number of hydrogen-bond donors (Lipinski definition) is 0. The number of likely N-dealkylation sites (tertiary alicyclic amines) is 1. The van der Waals surface area contributed by atoms with E-state index in [4.69, 9.17) is 4.74 Å². The first-order chi connectivity index (χ1) is 19.5. The van der Waals surface area contributed by atoms with Crippen LogP contribution in [0.3, 0.4) is 0 Å². The Bertz CT molecular complexity index is 1620. The molecular weight excluding hydrogens is 502 g/mol. The van der Waals surface area contributed by atoms with Crippen LogP contribution in [-0.2, 0) is 16.1 Å². The largest absolute Gasteiger partial charge is 0.381 e. The number of nitriles is 1. The Kier molecular flexibility index (Phi) is 5.93. The Morgan fingerprint density at radius 2 is 1.85 bits per heavy atom. The summed E-state index contributed by atoms with van der Waals surface area (Å²) >= 11 is 0. The molecule has 0 radical (unpaired) electrons. The number of benzene rings is 1. The molecule has 4 aromatic rings. The maximum Gasteiger partial charge on any atom is 0.245 e. The highest BCUT2D eigenvalue weighted by atomic mass is 16.5. The van der Waals surface area contributed by atoms with Crippen LogP contribution in [-0.4, -0.2) is 69.6 Å². The molecule has 3 aliphatic heterocycles. The van der Waals surface area contributed by atoms with E-state index >= 15 is 0 Å². The molecule has 3 aliphatic rings. The quantitative estimate of drug-likeness (QED) is 0.348. The van der Waals surface area contributed by atoms with Gasteiger partial charge in [0.15, 0.2) is 0 Å². The van der Waals surface area contributed by atoms with E-state index in [9.17, 15) is 10.1 Å². The summed E-state index contributed by atoms with van der Waals surface area (Å²) in [5.41, 5.74) is 6.84. The molecule has 1 spiro atoms. The van der Waals surface area contributed by atoms with Crippen LogP contribution >= 0.6 is 0 Å². The van der Waals surface area contributed by atoms with E-state index in [1.807, 2.05) is 22.0 Å². The molecular formula is C31H31N7O2. The van der Waals surface area contributed by atoms with Gasteiger partial charge in [-0.15, -0.1) is 0 Å². The number of nitrogens with zero attached hydrogens (tertiary/aromatic N) is 7. The second-order valence-electron chi connectivity index (χ2n) is 11.4. The number of hydrogen-bond acceptors (Lipinski definition) is 6. The van der Waals surface area contributed by atoms with Crippen LogP contribution in [0.25, 0.3) is 27.8 Å². The fourth-order valence-corrected chi connectivity index (χ4v) is 6.30. The molecule has 1 amide bonds. The van der Waals surface area contributed by atoms with Gasteiger partial charge in [-0.1, -0.05) is 18.7 Å². The normalized spacial score (nSPS) is 18.4. The van der Waals surface area contributed by atoms with Crippen molar-refractivity contribution in [1.82, 2.24) is 24.3 Å². The first kappa shape index (κ1) is 24.6. The third-order valence-corrected chi connectivity index (χ3v) is 8.76. The summed E-state index contributed by atoms with van der Waals surface area (Å²) in [6.07, 6.45) is 11.1. The minimum Gasteiger partial charge on any atom is -0.381 e. The summed E-state index contributed by atoms with van der Waals surface area (Å²) in [5, 5.41) is 18.8. The molecule has 202 valence electrons. The van der Waals surface area contributed by atoms with Crippen LogP contribution in [0.15, 0.2) is 67.8 Å². The summed E-state index contributed by atoms with van der Waals surface area (Å²) in [4.78, 5) is 16.2. The number of ether oxygens (including phenoxy) is 1. The van der Waals surface area contributed by atoms with Gasteiger partial charge in [-0.05, 0) is 42.7 Å². The van der Waals surface area contributed by atoms with Gasteiger partial charge in [0.2, 0.25) is 5.91 Å². The van der Waals surface area contributed by atoms with Crippen LogP contribution in [0.2, 0.25) is 0 Å². The van der Waals surface area contributed by atoms with Gasteiger partial charge in [0, 0.05) is 78.8 Å². The van der Waals surface area contributed by atoms with Crippen LogP contribution in [0, 0.1) is 22.7 Å². The Labute approximate surface area is 232 Å². The topological polar surface area (TPSA) is 91.7 Å². The van der Waals surface area contributed by atoms with Gasteiger partial charge in [-0.3, -0.25) is 9.48 Å². The van der Waals surface area contributed by atoms with Gasteiger partial charge in [-0.2, -0.15) is 15.5 Å². The lowest BCUT2D eigenvalue weighted by Gasteiger charge is -2.54. The summed E-state index contributed by atoms with van der Waals surface area (Å²) in [5.74, 6) is 0.557. The van der Waals surface area contributed by atoms with E-state index < -0.39 is 0 Å². The number of anilines is 1. The van der Waals surface area contributed by atoms with Crippen LogP contribution in [0.1, 0.15) is 18.4 Å². The predicted octanol–water partition coefficient (Wildman–Crippen LogP) is 4.00. The standard InChI is InChI=1S/C31H31N7O2/c1-2-29(39)36-20-31(21-36)7-9-35(10-8-31)27-5-3-23(4-6-27)28-11-24(17-38-30(28)25(12-32)13-34-38)26-14-33-37(16-26)15-22-18-40-19-22/h2-6,11,13-14,16-17,22H,1,7-10,15,18-21H2.